The van der Waals surface area contributed by atoms with Gasteiger partial charge in [0, 0.05) is 0 Å². The average molecular weight is 627 g/mol. The fourth-order valence-corrected chi connectivity index (χ4v) is 2.54. The Morgan fingerprint density at radius 1 is 0.486 bits per heavy atom. The molecule has 4 atom stereocenters. The van der Waals surface area contributed by atoms with E-state index in [1.54, 1.807) is 0 Å². The number of halogens is 20. The molecule has 0 aromatic rings. The first-order chi connectivity index (χ1) is 15.3. The molecular weight excluding hydrogens is 618 g/mol. The minimum atomic E-state index is -9.01. The van der Waals surface area contributed by atoms with Crippen LogP contribution in [0.15, 0.2) is 0 Å². The fraction of sp³-hybridized carbons (Fsp3) is 1.00. The Morgan fingerprint density at radius 2 is 0.757 bits per heavy atom. The van der Waals surface area contributed by atoms with Crippen LogP contribution in [0.2, 0.25) is 0 Å². The average Bonchev–Trinajstić information content (AvgIpc) is 2.69. The van der Waals surface area contributed by atoms with Gasteiger partial charge in [0.1, 0.15) is 0 Å². The van der Waals surface area contributed by atoms with Crippen LogP contribution in [0.3, 0.4) is 0 Å². The topological polar surface area (TPSA) is 89.4 Å². The lowest BCUT2D eigenvalue weighted by molar-refractivity contribution is -0.446. The summed E-state index contributed by atoms with van der Waals surface area (Å²) in [6.45, 7) is 0. The molecule has 0 aromatic carbocycles. The van der Waals surface area contributed by atoms with Crippen LogP contribution in [0.5, 0.6) is 0 Å². The molecule has 4 nitrogen and oxygen atoms in total. The van der Waals surface area contributed by atoms with E-state index in [0.29, 0.717) is 0 Å². The quantitative estimate of drug-likeness (QED) is 0.204. The van der Waals surface area contributed by atoms with Crippen molar-refractivity contribution in [2.24, 2.45) is 0 Å². The van der Waals surface area contributed by atoms with E-state index in [0.717, 1.165) is 0 Å². The molecule has 226 valence electrons. The van der Waals surface area contributed by atoms with Crippen LogP contribution in [0, 0.1) is 0 Å². The van der Waals surface area contributed by atoms with Crippen molar-refractivity contribution in [1.82, 2.24) is 6.15 Å². The minimum absolute atomic E-state index is 0. The second-order valence-corrected chi connectivity index (χ2v) is 8.02. The monoisotopic (exact) mass is 627 g/mol. The summed E-state index contributed by atoms with van der Waals surface area (Å²) in [5, 5.41) is 0. The standard InChI is InChI=1S/C12H6F20O3S.H3N/c13-1(2(14)4(16)17)3(15)6(19,20)8(23,24)10(27,28)12(31,32)11(29,30)9(25,26)7(21,22)5(18)36(33,34)35;/h1-5H,(H,33,34,35);1H3. The third-order valence-corrected chi connectivity index (χ3v) is 4.95. The fourth-order valence-electron chi connectivity index (χ4n) is 2.01. The summed E-state index contributed by atoms with van der Waals surface area (Å²) < 4.78 is 291. The Kier molecular flexibility index (Phi) is 10.4. The highest BCUT2D eigenvalue weighted by Gasteiger charge is 2.94. The summed E-state index contributed by atoms with van der Waals surface area (Å²) in [5.41, 5.74) is -6.07. The number of hydrogen-bond donors (Lipinski definition) is 2. The molecule has 4 N–H and O–H groups in total. The Balaban J connectivity index is 0. The predicted molar refractivity (Wildman–Crippen MR) is 76.8 cm³/mol. The molecule has 0 amide bonds. The van der Waals surface area contributed by atoms with Crippen molar-refractivity contribution in [2.45, 2.75) is 71.9 Å². The molecule has 0 rings (SSSR count). The molecule has 0 radical (unpaired) electrons. The molecule has 0 heterocycles. The zero-order valence-corrected chi connectivity index (χ0v) is 17.1. The first kappa shape index (κ1) is 37.6. The summed E-state index contributed by atoms with van der Waals surface area (Å²) in [6, 6.07) is 0. The van der Waals surface area contributed by atoms with Gasteiger partial charge in [-0.05, 0) is 0 Å². The molecule has 0 fully saturated rings. The molecule has 25 heteroatoms. The number of alkyl halides is 20. The van der Waals surface area contributed by atoms with Gasteiger partial charge < -0.3 is 6.15 Å². The molecule has 0 aliphatic carbocycles. The van der Waals surface area contributed by atoms with Gasteiger partial charge in [0.2, 0.25) is 6.17 Å². The van der Waals surface area contributed by atoms with E-state index in [9.17, 15) is 96.2 Å². The molecule has 0 saturated heterocycles. The molecule has 0 aliphatic rings. The number of hydrogen-bond acceptors (Lipinski definition) is 3. The third kappa shape index (κ3) is 5.34. The van der Waals surface area contributed by atoms with Gasteiger partial charge in [-0.2, -0.15) is 69.9 Å². The second kappa shape index (κ2) is 10.2. The van der Waals surface area contributed by atoms with Crippen molar-refractivity contribution in [1.29, 1.82) is 0 Å². The maximum absolute atomic E-state index is 13.5. The first-order valence-corrected chi connectivity index (χ1v) is 9.29. The van der Waals surface area contributed by atoms with E-state index in [-0.39, 0.29) is 6.15 Å². The van der Waals surface area contributed by atoms with Crippen LogP contribution in [-0.2, 0) is 10.1 Å². The highest BCUT2D eigenvalue weighted by molar-refractivity contribution is 7.86. The lowest BCUT2D eigenvalue weighted by Crippen LogP contribution is -2.75. The van der Waals surface area contributed by atoms with Crippen molar-refractivity contribution >= 4 is 10.1 Å². The molecule has 4 unspecified atom stereocenters. The van der Waals surface area contributed by atoms with E-state index >= 15 is 0 Å². The molecule has 37 heavy (non-hydrogen) atoms. The summed E-state index contributed by atoms with van der Waals surface area (Å²) in [7, 11) is -7.29. The normalized spacial score (nSPS) is 18.8. The lowest BCUT2D eigenvalue weighted by Gasteiger charge is -2.43. The Morgan fingerprint density at radius 3 is 1.03 bits per heavy atom. The van der Waals surface area contributed by atoms with Crippen molar-refractivity contribution in [3.63, 3.8) is 0 Å². The summed E-state index contributed by atoms with van der Waals surface area (Å²) >= 11 is 0. The van der Waals surface area contributed by atoms with Gasteiger partial charge in [-0.25, -0.2) is 26.3 Å². The Labute approximate surface area is 190 Å². The summed E-state index contributed by atoms with van der Waals surface area (Å²) in [5.74, 6) is -60.0. The van der Waals surface area contributed by atoms with Crippen LogP contribution in [0.1, 0.15) is 0 Å². The van der Waals surface area contributed by atoms with Gasteiger partial charge in [-0.1, -0.05) is 0 Å². The van der Waals surface area contributed by atoms with Crippen LogP contribution in [0.25, 0.3) is 0 Å². The van der Waals surface area contributed by atoms with Gasteiger partial charge in [0.25, 0.3) is 11.9 Å². The lowest BCUT2D eigenvalue weighted by atomic mass is 9.87. The Bertz CT molecular complexity index is 891. The molecule has 0 saturated carbocycles. The van der Waals surface area contributed by atoms with Gasteiger partial charge in [0.15, 0.2) is 12.3 Å². The maximum Gasteiger partial charge on any atom is 0.384 e. The van der Waals surface area contributed by atoms with Gasteiger partial charge in [-0.15, -0.1) is 0 Å². The third-order valence-electron chi connectivity index (χ3n) is 4.13. The molecule has 0 spiro atoms. The van der Waals surface area contributed by atoms with Crippen LogP contribution >= 0.6 is 0 Å². The van der Waals surface area contributed by atoms with E-state index in [1.165, 1.54) is 0 Å². The zero-order valence-electron chi connectivity index (χ0n) is 16.3. The highest BCUT2D eigenvalue weighted by atomic mass is 32.2. The van der Waals surface area contributed by atoms with Gasteiger partial charge in [-0.3, -0.25) is 4.55 Å². The van der Waals surface area contributed by atoms with Crippen LogP contribution < -0.4 is 6.15 Å². The SMILES string of the molecule is N.O=S(=O)(O)C(F)C(F)(F)C(F)(F)C(F)(F)C(F)(F)C(F)(F)C(F)(F)C(F)(F)C(F)C(F)C(F)C(F)F. The minimum Gasteiger partial charge on any atom is -0.344 e. The highest BCUT2D eigenvalue weighted by Crippen LogP contribution is 2.63. The second-order valence-electron chi connectivity index (χ2n) is 6.57. The first-order valence-electron chi connectivity index (χ1n) is 7.78. The van der Waals surface area contributed by atoms with Crippen LogP contribution in [-0.4, -0.2) is 84.9 Å². The van der Waals surface area contributed by atoms with Gasteiger partial charge >= 0.3 is 51.6 Å². The van der Waals surface area contributed by atoms with E-state index in [1.807, 2.05) is 0 Å². The Hall–Kier alpha value is -1.53. The molecule has 0 bridgehead atoms. The van der Waals surface area contributed by atoms with Crippen molar-refractivity contribution in [3.8, 4) is 0 Å². The summed E-state index contributed by atoms with van der Waals surface area (Å²) in [6.07, 6.45) is -21.1. The van der Waals surface area contributed by atoms with Crippen LogP contribution in [0.4, 0.5) is 87.8 Å². The predicted octanol–water partition coefficient (Wildman–Crippen LogP) is 6.06. The van der Waals surface area contributed by atoms with E-state index in [2.05, 4.69) is 0 Å². The summed E-state index contributed by atoms with van der Waals surface area (Å²) in [4.78, 5) is 0. The zero-order chi connectivity index (χ0) is 29.9. The van der Waals surface area contributed by atoms with Crippen molar-refractivity contribution in [2.75, 3.05) is 0 Å². The molecular formula is C12H9F20NO3S. The largest absolute Gasteiger partial charge is 0.384 e. The maximum atomic E-state index is 13.5. The van der Waals surface area contributed by atoms with Crippen molar-refractivity contribution < 1.29 is 101 Å². The van der Waals surface area contributed by atoms with E-state index in [4.69, 9.17) is 4.55 Å². The van der Waals surface area contributed by atoms with Gasteiger partial charge in [0.05, 0.1) is 0 Å². The smallest absolute Gasteiger partial charge is 0.344 e. The molecule has 0 aromatic heterocycles. The van der Waals surface area contributed by atoms with Crippen molar-refractivity contribution in [3.05, 3.63) is 0 Å². The van der Waals surface area contributed by atoms with E-state index < -0.39 is 82.0 Å². The molecule has 0 aliphatic heterocycles. The number of rotatable bonds is 12.